The summed E-state index contributed by atoms with van der Waals surface area (Å²) in [6, 6.07) is 27.1. The van der Waals surface area contributed by atoms with Crippen LogP contribution in [-0.2, 0) is 6.54 Å². The first-order valence-corrected chi connectivity index (χ1v) is 13.7. The largest absolute Gasteiger partial charge is 0.340 e. The second kappa shape index (κ2) is 12.5. The highest BCUT2D eigenvalue weighted by molar-refractivity contribution is 7.09. The fraction of sp³-hybridized carbons (Fsp3) is 0.258. The molecule has 0 atom stereocenters. The zero-order valence-electron chi connectivity index (χ0n) is 22.2. The quantitative estimate of drug-likeness (QED) is 0.242. The molecule has 0 spiro atoms. The number of amides is 3. The molecule has 0 aliphatic rings. The Bertz CT molecular complexity index is 1300. The Morgan fingerprint density at radius 1 is 0.816 bits per heavy atom. The van der Waals surface area contributed by atoms with Crippen molar-refractivity contribution < 1.29 is 9.59 Å². The zero-order chi connectivity index (χ0) is 27.1. The molecule has 38 heavy (non-hydrogen) atoms. The lowest BCUT2D eigenvalue weighted by molar-refractivity contribution is 0.0938. The number of thiazole rings is 1. The molecular weight excluding hydrogens is 492 g/mol. The van der Waals surface area contributed by atoms with Gasteiger partial charge in [0.05, 0.1) is 12.6 Å². The lowest BCUT2D eigenvalue weighted by Gasteiger charge is -2.26. The summed E-state index contributed by atoms with van der Waals surface area (Å²) >= 11 is 1.38. The molecule has 0 saturated heterocycles. The fourth-order valence-corrected chi connectivity index (χ4v) is 4.90. The number of anilines is 1. The number of aromatic nitrogens is 1. The van der Waals surface area contributed by atoms with Gasteiger partial charge in [0.25, 0.3) is 5.91 Å². The summed E-state index contributed by atoms with van der Waals surface area (Å²) in [5, 5.41) is 8.57. The van der Waals surface area contributed by atoms with Crippen molar-refractivity contribution in [1.82, 2.24) is 15.2 Å². The Kier molecular flexibility index (Phi) is 8.92. The lowest BCUT2D eigenvalue weighted by atomic mass is 9.98. The van der Waals surface area contributed by atoms with E-state index in [-0.39, 0.29) is 24.0 Å². The second-order valence-corrected chi connectivity index (χ2v) is 10.7. The van der Waals surface area contributed by atoms with E-state index in [0.29, 0.717) is 23.2 Å². The van der Waals surface area contributed by atoms with Crippen LogP contribution < -0.4 is 10.6 Å². The molecule has 0 aliphatic carbocycles. The fourth-order valence-electron chi connectivity index (χ4n) is 4.12. The van der Waals surface area contributed by atoms with Crippen molar-refractivity contribution in [3.63, 3.8) is 0 Å². The first kappa shape index (κ1) is 27.1. The van der Waals surface area contributed by atoms with E-state index in [4.69, 9.17) is 0 Å². The molecule has 6 nitrogen and oxygen atoms in total. The van der Waals surface area contributed by atoms with Gasteiger partial charge in [-0.25, -0.2) is 9.78 Å². The highest BCUT2D eigenvalue weighted by Gasteiger charge is 2.22. The number of urea groups is 1. The normalized spacial score (nSPS) is 11.1. The summed E-state index contributed by atoms with van der Waals surface area (Å²) in [5.41, 5.74) is 4.30. The van der Waals surface area contributed by atoms with E-state index >= 15 is 0 Å². The van der Waals surface area contributed by atoms with Crippen LogP contribution in [0, 0.1) is 0 Å². The van der Waals surface area contributed by atoms with Crippen LogP contribution in [0.5, 0.6) is 0 Å². The maximum absolute atomic E-state index is 13.2. The first-order valence-electron chi connectivity index (χ1n) is 12.8. The van der Waals surface area contributed by atoms with E-state index in [1.54, 1.807) is 10.3 Å². The van der Waals surface area contributed by atoms with Gasteiger partial charge >= 0.3 is 6.03 Å². The third-order valence-electron chi connectivity index (χ3n) is 6.34. The third-order valence-corrected chi connectivity index (χ3v) is 7.18. The minimum atomic E-state index is -0.296. The molecule has 0 aliphatic heterocycles. The molecular formula is C31H34N4O2S. The monoisotopic (exact) mass is 526 g/mol. The summed E-state index contributed by atoms with van der Waals surface area (Å²) in [5.74, 6) is 0.176. The van der Waals surface area contributed by atoms with E-state index in [2.05, 4.69) is 29.5 Å². The van der Waals surface area contributed by atoms with E-state index in [1.165, 1.54) is 16.9 Å². The van der Waals surface area contributed by atoms with Gasteiger partial charge in [-0.3, -0.25) is 4.79 Å². The first-order chi connectivity index (χ1) is 18.3. The minimum Gasteiger partial charge on any atom is -0.340 e. The Labute approximate surface area is 228 Å². The van der Waals surface area contributed by atoms with Crippen molar-refractivity contribution >= 4 is 29.0 Å². The van der Waals surface area contributed by atoms with Crippen LogP contribution in [0.1, 0.15) is 71.8 Å². The molecule has 0 fully saturated rings. The molecule has 2 N–H and O–H groups in total. The maximum atomic E-state index is 13.2. The predicted octanol–water partition coefficient (Wildman–Crippen LogP) is 7.23. The van der Waals surface area contributed by atoms with Gasteiger partial charge in [0.15, 0.2) is 0 Å². The van der Waals surface area contributed by atoms with Crippen LogP contribution >= 0.6 is 11.3 Å². The molecule has 3 aromatic carbocycles. The van der Waals surface area contributed by atoms with Gasteiger partial charge in [0, 0.05) is 17.1 Å². The number of hydrogen-bond donors (Lipinski definition) is 2. The van der Waals surface area contributed by atoms with E-state index in [0.717, 1.165) is 16.8 Å². The van der Waals surface area contributed by atoms with Crippen molar-refractivity contribution in [1.29, 1.82) is 0 Å². The van der Waals surface area contributed by atoms with Gasteiger partial charge in [-0.1, -0.05) is 86.6 Å². The van der Waals surface area contributed by atoms with Gasteiger partial charge in [-0.15, -0.1) is 11.3 Å². The standard InChI is InChI=1S/C31H34N4O2S/c1-21(2)23-15-17-26(18-16-23)32-31(37)35(22(3)4)19-28-33-27(20-38-28)30(36)34-29(24-11-7-5-8-12-24)25-13-9-6-10-14-25/h5-18,20-22,29H,19H2,1-4H3,(H,32,37)(H,34,36). The van der Waals surface area contributed by atoms with Crippen molar-refractivity contribution in [2.24, 2.45) is 0 Å². The van der Waals surface area contributed by atoms with E-state index < -0.39 is 0 Å². The summed E-state index contributed by atoms with van der Waals surface area (Å²) in [7, 11) is 0. The summed E-state index contributed by atoms with van der Waals surface area (Å²) in [4.78, 5) is 32.6. The van der Waals surface area contributed by atoms with Crippen molar-refractivity contribution in [2.45, 2.75) is 52.2 Å². The average Bonchev–Trinajstić information content (AvgIpc) is 3.40. The number of nitrogens with one attached hydrogen (secondary N) is 2. The Morgan fingerprint density at radius 3 is 1.92 bits per heavy atom. The molecule has 0 bridgehead atoms. The lowest BCUT2D eigenvalue weighted by Crippen LogP contribution is -2.39. The average molecular weight is 527 g/mol. The zero-order valence-corrected chi connectivity index (χ0v) is 23.0. The topological polar surface area (TPSA) is 74.3 Å². The van der Waals surface area contributed by atoms with Gasteiger partial charge in [0.1, 0.15) is 10.7 Å². The highest BCUT2D eigenvalue weighted by atomic mass is 32.1. The Balaban J connectivity index is 1.45. The number of carbonyl (C=O) groups is 2. The second-order valence-electron chi connectivity index (χ2n) is 9.78. The Hall–Kier alpha value is -3.97. The summed E-state index contributed by atoms with van der Waals surface area (Å²) in [6.45, 7) is 8.52. The maximum Gasteiger partial charge on any atom is 0.322 e. The molecule has 196 valence electrons. The molecule has 0 saturated carbocycles. The van der Waals surface area contributed by atoms with Crippen molar-refractivity contribution in [3.05, 3.63) is 118 Å². The number of rotatable bonds is 9. The highest BCUT2D eigenvalue weighted by Crippen LogP contribution is 2.23. The van der Waals surface area contributed by atoms with Crippen LogP contribution in [-0.4, -0.2) is 27.9 Å². The molecule has 0 unspecified atom stereocenters. The number of hydrogen-bond acceptors (Lipinski definition) is 4. The molecule has 3 amide bonds. The van der Waals surface area contributed by atoms with Crippen LogP contribution in [0.4, 0.5) is 10.5 Å². The predicted molar refractivity (Wildman–Crippen MR) is 155 cm³/mol. The van der Waals surface area contributed by atoms with Crippen LogP contribution in [0.3, 0.4) is 0 Å². The minimum absolute atomic E-state index is 0.0494. The molecule has 1 heterocycles. The molecule has 4 aromatic rings. The SMILES string of the molecule is CC(C)c1ccc(NC(=O)N(Cc2nc(C(=O)NC(c3ccccc3)c3ccccc3)cs2)C(C)C)cc1. The Morgan fingerprint density at radius 2 is 1.39 bits per heavy atom. The van der Waals surface area contributed by atoms with Crippen molar-refractivity contribution in [3.8, 4) is 0 Å². The van der Waals surface area contributed by atoms with E-state index in [1.807, 2.05) is 98.8 Å². The van der Waals surface area contributed by atoms with Crippen LogP contribution in [0.15, 0.2) is 90.3 Å². The number of nitrogens with zero attached hydrogens (tertiary/aromatic N) is 2. The van der Waals surface area contributed by atoms with Gasteiger partial charge in [-0.05, 0) is 48.6 Å². The van der Waals surface area contributed by atoms with Gasteiger partial charge in [-0.2, -0.15) is 0 Å². The van der Waals surface area contributed by atoms with Crippen molar-refractivity contribution in [2.75, 3.05) is 5.32 Å². The van der Waals surface area contributed by atoms with Gasteiger partial charge < -0.3 is 15.5 Å². The smallest absolute Gasteiger partial charge is 0.322 e. The van der Waals surface area contributed by atoms with Crippen LogP contribution in [0.2, 0.25) is 0 Å². The number of carbonyl (C=O) groups excluding carboxylic acids is 2. The molecule has 1 aromatic heterocycles. The van der Waals surface area contributed by atoms with E-state index in [9.17, 15) is 9.59 Å². The summed E-state index contributed by atoms with van der Waals surface area (Å²) in [6.07, 6.45) is 0. The molecule has 7 heteroatoms. The molecule has 0 radical (unpaired) electrons. The number of benzene rings is 3. The van der Waals surface area contributed by atoms with Gasteiger partial charge in [0.2, 0.25) is 0 Å². The third kappa shape index (κ3) is 6.86. The summed E-state index contributed by atoms with van der Waals surface area (Å²) < 4.78 is 0. The molecule has 4 rings (SSSR count). The van der Waals surface area contributed by atoms with Crippen LogP contribution in [0.25, 0.3) is 0 Å².